The summed E-state index contributed by atoms with van der Waals surface area (Å²) in [6, 6.07) is 1.97. The van der Waals surface area contributed by atoms with Crippen molar-refractivity contribution in [2.75, 3.05) is 33.4 Å². The quantitative estimate of drug-likeness (QED) is 0.778. The molecule has 7 heteroatoms. The first kappa shape index (κ1) is 16.4. The molecule has 3 heterocycles. The number of aryl methyl sites for hydroxylation is 1. The van der Waals surface area contributed by atoms with Crippen molar-refractivity contribution in [3.05, 3.63) is 17.5 Å². The van der Waals surface area contributed by atoms with Gasteiger partial charge in [-0.1, -0.05) is 5.16 Å². The number of aromatic nitrogens is 1. The summed E-state index contributed by atoms with van der Waals surface area (Å²) in [6.45, 7) is 5.58. The predicted molar refractivity (Wildman–Crippen MR) is 82.8 cm³/mol. The molecule has 2 saturated heterocycles. The number of carbonyl (C=O) groups excluding carboxylic acids is 1. The van der Waals surface area contributed by atoms with Crippen LogP contribution in [0.2, 0.25) is 0 Å². The number of carbonyl (C=O) groups is 1. The number of likely N-dealkylation sites (tertiary alicyclic amines) is 1. The number of piperidine rings is 1. The molecule has 128 valence electrons. The SMILES string of the molecule is COCCNC(=O)[C@H]1C[C@H]2CCN(Cc3cc(C)on3)C[C@H]2O1. The summed E-state index contributed by atoms with van der Waals surface area (Å²) in [6.07, 6.45) is 1.69. The minimum Gasteiger partial charge on any atom is -0.383 e. The van der Waals surface area contributed by atoms with Gasteiger partial charge in [0.05, 0.1) is 18.4 Å². The maximum Gasteiger partial charge on any atom is 0.249 e. The summed E-state index contributed by atoms with van der Waals surface area (Å²) < 4.78 is 16.1. The van der Waals surface area contributed by atoms with Gasteiger partial charge < -0.3 is 19.3 Å². The molecule has 3 rings (SSSR count). The highest BCUT2D eigenvalue weighted by atomic mass is 16.5. The molecule has 1 aromatic rings. The van der Waals surface area contributed by atoms with E-state index in [0.29, 0.717) is 19.1 Å². The second-order valence-electron chi connectivity index (χ2n) is 6.40. The van der Waals surface area contributed by atoms with E-state index in [1.165, 1.54) is 0 Å². The van der Waals surface area contributed by atoms with Crippen LogP contribution >= 0.6 is 0 Å². The Hall–Kier alpha value is -1.44. The average molecular weight is 323 g/mol. The first-order valence-electron chi connectivity index (χ1n) is 8.22. The summed E-state index contributed by atoms with van der Waals surface area (Å²) in [4.78, 5) is 14.4. The van der Waals surface area contributed by atoms with Gasteiger partial charge in [0.1, 0.15) is 11.9 Å². The number of nitrogens with zero attached hydrogens (tertiary/aromatic N) is 2. The monoisotopic (exact) mass is 323 g/mol. The Kier molecular flexibility index (Phi) is 5.30. The summed E-state index contributed by atoms with van der Waals surface area (Å²) in [5.41, 5.74) is 0.952. The molecule has 0 saturated carbocycles. The highest BCUT2D eigenvalue weighted by Gasteiger charge is 2.41. The van der Waals surface area contributed by atoms with E-state index in [4.69, 9.17) is 14.0 Å². The van der Waals surface area contributed by atoms with E-state index in [1.54, 1.807) is 7.11 Å². The second-order valence-corrected chi connectivity index (χ2v) is 6.40. The zero-order valence-corrected chi connectivity index (χ0v) is 13.8. The summed E-state index contributed by atoms with van der Waals surface area (Å²) in [5, 5.41) is 6.91. The van der Waals surface area contributed by atoms with Gasteiger partial charge in [0.25, 0.3) is 0 Å². The first-order chi connectivity index (χ1) is 11.2. The average Bonchev–Trinajstić information content (AvgIpc) is 3.13. The second kappa shape index (κ2) is 7.42. The van der Waals surface area contributed by atoms with E-state index in [0.717, 1.165) is 43.9 Å². The fourth-order valence-electron chi connectivity index (χ4n) is 3.42. The zero-order valence-electron chi connectivity index (χ0n) is 13.8. The number of ether oxygens (including phenoxy) is 2. The summed E-state index contributed by atoms with van der Waals surface area (Å²) >= 11 is 0. The van der Waals surface area contributed by atoms with E-state index < -0.39 is 0 Å². The van der Waals surface area contributed by atoms with Gasteiger partial charge in [0.2, 0.25) is 5.91 Å². The predicted octanol–water partition coefficient (Wildman–Crippen LogP) is 0.725. The number of hydrogen-bond acceptors (Lipinski definition) is 6. The van der Waals surface area contributed by atoms with Crippen LogP contribution in [0.25, 0.3) is 0 Å². The van der Waals surface area contributed by atoms with Crippen molar-refractivity contribution < 1.29 is 18.8 Å². The van der Waals surface area contributed by atoms with E-state index >= 15 is 0 Å². The van der Waals surface area contributed by atoms with E-state index in [9.17, 15) is 4.79 Å². The third kappa shape index (κ3) is 4.10. The maximum absolute atomic E-state index is 12.1. The van der Waals surface area contributed by atoms with Gasteiger partial charge in [-0.2, -0.15) is 0 Å². The van der Waals surface area contributed by atoms with Crippen LogP contribution in [0.3, 0.4) is 0 Å². The van der Waals surface area contributed by atoms with Gasteiger partial charge in [-0.3, -0.25) is 9.69 Å². The topological polar surface area (TPSA) is 76.8 Å². The Bertz CT molecular complexity index is 533. The molecule has 1 aromatic heterocycles. The van der Waals surface area contributed by atoms with Crippen molar-refractivity contribution in [1.82, 2.24) is 15.4 Å². The molecular weight excluding hydrogens is 298 g/mol. The minimum absolute atomic E-state index is 0.0184. The third-order valence-corrected chi connectivity index (χ3v) is 4.60. The normalized spacial score (nSPS) is 27.8. The van der Waals surface area contributed by atoms with Crippen molar-refractivity contribution in [3.63, 3.8) is 0 Å². The molecule has 0 radical (unpaired) electrons. The highest BCUT2D eigenvalue weighted by molar-refractivity contribution is 5.81. The fourth-order valence-corrected chi connectivity index (χ4v) is 3.42. The molecule has 2 aliphatic rings. The van der Waals surface area contributed by atoms with E-state index in [-0.39, 0.29) is 18.1 Å². The van der Waals surface area contributed by atoms with Gasteiger partial charge in [-0.05, 0) is 32.2 Å². The van der Waals surface area contributed by atoms with Crippen molar-refractivity contribution >= 4 is 5.91 Å². The smallest absolute Gasteiger partial charge is 0.249 e. The summed E-state index contributed by atoms with van der Waals surface area (Å²) in [7, 11) is 1.62. The molecule has 2 aliphatic heterocycles. The number of rotatable bonds is 6. The molecule has 2 fully saturated rings. The number of amides is 1. The minimum atomic E-state index is -0.323. The van der Waals surface area contributed by atoms with Gasteiger partial charge in [-0.15, -0.1) is 0 Å². The van der Waals surface area contributed by atoms with Crippen LogP contribution in [0, 0.1) is 12.8 Å². The molecule has 1 N–H and O–H groups in total. The molecule has 0 aromatic carbocycles. The first-order valence-corrected chi connectivity index (χ1v) is 8.22. The van der Waals surface area contributed by atoms with Crippen LogP contribution in [0.4, 0.5) is 0 Å². The third-order valence-electron chi connectivity index (χ3n) is 4.60. The van der Waals surface area contributed by atoms with Crippen LogP contribution in [0.15, 0.2) is 10.6 Å². The number of hydrogen-bond donors (Lipinski definition) is 1. The Labute approximate surface area is 136 Å². The maximum atomic E-state index is 12.1. The van der Waals surface area contributed by atoms with Crippen molar-refractivity contribution in [3.8, 4) is 0 Å². The van der Waals surface area contributed by atoms with Gasteiger partial charge >= 0.3 is 0 Å². The lowest BCUT2D eigenvalue weighted by Crippen LogP contribution is -2.42. The van der Waals surface area contributed by atoms with E-state index in [2.05, 4.69) is 15.4 Å². The number of methoxy groups -OCH3 is 1. The number of fused-ring (bicyclic) bond motifs is 1. The Balaban J connectivity index is 1.48. The summed E-state index contributed by atoms with van der Waals surface area (Å²) in [5.74, 6) is 1.29. The van der Waals surface area contributed by atoms with Crippen LogP contribution in [0.1, 0.15) is 24.3 Å². The highest BCUT2D eigenvalue weighted by Crippen LogP contribution is 2.33. The molecule has 0 spiro atoms. The molecule has 0 unspecified atom stereocenters. The lowest BCUT2D eigenvalue weighted by Gasteiger charge is -2.33. The fraction of sp³-hybridized carbons (Fsp3) is 0.750. The zero-order chi connectivity index (χ0) is 16.2. The molecule has 23 heavy (non-hydrogen) atoms. The van der Waals surface area contributed by atoms with Crippen molar-refractivity contribution in [1.29, 1.82) is 0 Å². The lowest BCUT2D eigenvalue weighted by molar-refractivity contribution is -0.133. The number of nitrogens with one attached hydrogen (secondary N) is 1. The van der Waals surface area contributed by atoms with Crippen LogP contribution in [-0.4, -0.2) is 61.5 Å². The van der Waals surface area contributed by atoms with Crippen molar-refractivity contribution in [2.45, 2.75) is 38.5 Å². The molecule has 0 aliphatic carbocycles. The van der Waals surface area contributed by atoms with Crippen LogP contribution in [-0.2, 0) is 20.8 Å². The lowest BCUT2D eigenvalue weighted by atomic mass is 9.91. The Morgan fingerprint density at radius 2 is 2.43 bits per heavy atom. The molecule has 7 nitrogen and oxygen atoms in total. The molecule has 0 bridgehead atoms. The Morgan fingerprint density at radius 3 is 3.17 bits per heavy atom. The van der Waals surface area contributed by atoms with Gasteiger partial charge in [-0.25, -0.2) is 0 Å². The van der Waals surface area contributed by atoms with E-state index in [1.807, 2.05) is 13.0 Å². The Morgan fingerprint density at radius 1 is 1.57 bits per heavy atom. The van der Waals surface area contributed by atoms with Crippen LogP contribution < -0.4 is 5.32 Å². The molecule has 1 amide bonds. The largest absolute Gasteiger partial charge is 0.383 e. The molecular formula is C16H25N3O4. The van der Waals surface area contributed by atoms with Crippen molar-refractivity contribution in [2.24, 2.45) is 5.92 Å². The molecule has 3 atom stereocenters. The van der Waals surface area contributed by atoms with Gasteiger partial charge in [0.15, 0.2) is 0 Å². The standard InChI is InChI=1S/C16H25N3O4/c1-11-7-13(18-23-11)9-19-5-3-12-8-14(22-15(12)10-19)16(20)17-4-6-21-2/h7,12,14-15H,3-6,8-10H2,1-2H3,(H,17,20)/t12-,14-,15-/m1/s1. The van der Waals surface area contributed by atoms with Gasteiger partial charge in [0, 0.05) is 32.8 Å². The van der Waals surface area contributed by atoms with Crippen LogP contribution in [0.5, 0.6) is 0 Å².